The molecule has 0 saturated heterocycles. The van der Waals surface area contributed by atoms with E-state index in [0.29, 0.717) is 18.7 Å². The molecular weight excluding hydrogens is 264 g/mol. The monoisotopic (exact) mass is 282 g/mol. The van der Waals surface area contributed by atoms with E-state index in [1.54, 1.807) is 6.07 Å². The van der Waals surface area contributed by atoms with Crippen molar-refractivity contribution in [3.8, 4) is 11.5 Å². The van der Waals surface area contributed by atoms with Crippen LogP contribution in [0.15, 0.2) is 58.5 Å². The van der Waals surface area contributed by atoms with Crippen LogP contribution in [0.25, 0.3) is 0 Å². The summed E-state index contributed by atoms with van der Waals surface area (Å²) in [6.07, 6.45) is 1.82. The zero-order valence-electron chi connectivity index (χ0n) is 11.9. The van der Waals surface area contributed by atoms with E-state index in [-0.39, 0.29) is 11.5 Å². The van der Waals surface area contributed by atoms with Crippen molar-refractivity contribution < 1.29 is 10.2 Å². The van der Waals surface area contributed by atoms with E-state index in [2.05, 4.69) is 9.98 Å². The van der Waals surface area contributed by atoms with Crippen molar-refractivity contribution in [3.63, 3.8) is 0 Å². The lowest BCUT2D eigenvalue weighted by atomic mass is 10.1. The number of nitrogens with zero attached hydrogens (tertiary/aromatic N) is 2. The third kappa shape index (κ3) is 4.45. The molecule has 0 aliphatic carbocycles. The number of aromatic hydroxyl groups is 2. The molecule has 108 valence electrons. The Hall–Kier alpha value is -2.62. The van der Waals surface area contributed by atoms with E-state index >= 15 is 0 Å². The van der Waals surface area contributed by atoms with Crippen LogP contribution in [0.1, 0.15) is 18.1 Å². The molecule has 0 aromatic heterocycles. The number of rotatable bonds is 5. The average Bonchev–Trinajstić information content (AvgIpc) is 2.47. The van der Waals surface area contributed by atoms with Crippen LogP contribution in [-0.4, -0.2) is 35.2 Å². The fourth-order valence-electron chi connectivity index (χ4n) is 1.90. The van der Waals surface area contributed by atoms with Gasteiger partial charge < -0.3 is 10.2 Å². The van der Waals surface area contributed by atoms with Gasteiger partial charge in [0.05, 0.1) is 13.1 Å². The fraction of sp³-hybridized carbons (Fsp3) is 0.176. The lowest BCUT2D eigenvalue weighted by Crippen LogP contribution is -1.98. The van der Waals surface area contributed by atoms with Crippen LogP contribution in [0.2, 0.25) is 0 Å². The van der Waals surface area contributed by atoms with Crippen molar-refractivity contribution in [2.75, 3.05) is 13.1 Å². The largest absolute Gasteiger partial charge is 0.508 e. The number of phenols is 2. The van der Waals surface area contributed by atoms with Gasteiger partial charge in [0.2, 0.25) is 0 Å². The first kappa shape index (κ1) is 14.8. The van der Waals surface area contributed by atoms with Gasteiger partial charge >= 0.3 is 0 Å². The number of benzene rings is 2. The molecule has 0 fully saturated rings. The molecule has 0 aliphatic rings. The fourth-order valence-corrected chi connectivity index (χ4v) is 1.90. The van der Waals surface area contributed by atoms with Gasteiger partial charge in [-0.05, 0) is 24.6 Å². The van der Waals surface area contributed by atoms with Crippen molar-refractivity contribution in [1.82, 2.24) is 0 Å². The van der Waals surface area contributed by atoms with Gasteiger partial charge in [0, 0.05) is 23.6 Å². The summed E-state index contributed by atoms with van der Waals surface area (Å²) < 4.78 is 0. The Morgan fingerprint density at radius 2 is 1.81 bits per heavy atom. The van der Waals surface area contributed by atoms with Crippen LogP contribution in [0.3, 0.4) is 0 Å². The molecule has 2 N–H and O–H groups in total. The molecule has 0 aliphatic heterocycles. The Morgan fingerprint density at radius 1 is 1.05 bits per heavy atom. The smallest absolute Gasteiger partial charge is 0.128 e. The molecule has 2 aromatic carbocycles. The molecule has 4 nitrogen and oxygen atoms in total. The Morgan fingerprint density at radius 3 is 2.52 bits per heavy atom. The van der Waals surface area contributed by atoms with Gasteiger partial charge in [-0.15, -0.1) is 0 Å². The van der Waals surface area contributed by atoms with Gasteiger partial charge in [0.1, 0.15) is 11.5 Å². The Bertz CT molecular complexity index is 649. The molecule has 0 spiro atoms. The SMILES string of the molecule is CC(=NCCN=Cc1ccccc1)c1ccc(O)cc1O. The second kappa shape index (κ2) is 7.24. The number of aliphatic imine (C=N–C) groups is 2. The minimum atomic E-state index is 0.0315. The summed E-state index contributed by atoms with van der Waals surface area (Å²) in [6, 6.07) is 14.4. The minimum absolute atomic E-state index is 0.0315. The van der Waals surface area contributed by atoms with E-state index in [9.17, 15) is 10.2 Å². The third-order valence-electron chi connectivity index (χ3n) is 2.99. The van der Waals surface area contributed by atoms with Crippen molar-refractivity contribution in [3.05, 3.63) is 59.7 Å². The first-order valence-corrected chi connectivity index (χ1v) is 6.75. The highest BCUT2D eigenvalue weighted by Gasteiger charge is 2.04. The highest BCUT2D eigenvalue weighted by atomic mass is 16.3. The summed E-state index contributed by atoms with van der Waals surface area (Å²) in [5, 5.41) is 19.0. The van der Waals surface area contributed by atoms with Gasteiger partial charge in [-0.2, -0.15) is 0 Å². The molecule has 0 radical (unpaired) electrons. The number of phenolic OH excluding ortho intramolecular Hbond substituents is 2. The van der Waals surface area contributed by atoms with Gasteiger partial charge in [0.25, 0.3) is 0 Å². The van der Waals surface area contributed by atoms with Gasteiger partial charge in [0.15, 0.2) is 0 Å². The second-order valence-electron chi connectivity index (χ2n) is 4.61. The zero-order chi connectivity index (χ0) is 15.1. The van der Waals surface area contributed by atoms with E-state index in [1.807, 2.05) is 43.5 Å². The molecule has 0 heterocycles. The lowest BCUT2D eigenvalue weighted by Gasteiger charge is -2.04. The summed E-state index contributed by atoms with van der Waals surface area (Å²) >= 11 is 0. The molecule has 0 atom stereocenters. The number of hydrogen-bond donors (Lipinski definition) is 2. The highest BCUT2D eigenvalue weighted by molar-refractivity contribution is 6.01. The summed E-state index contributed by atoms with van der Waals surface area (Å²) in [5.41, 5.74) is 2.41. The predicted molar refractivity (Wildman–Crippen MR) is 85.8 cm³/mol. The molecule has 0 bridgehead atoms. The summed E-state index contributed by atoms with van der Waals surface area (Å²) in [7, 11) is 0. The van der Waals surface area contributed by atoms with E-state index in [0.717, 1.165) is 11.3 Å². The van der Waals surface area contributed by atoms with Crippen LogP contribution in [0.5, 0.6) is 11.5 Å². The van der Waals surface area contributed by atoms with Crippen molar-refractivity contribution in [2.24, 2.45) is 9.98 Å². The Kier molecular flexibility index (Phi) is 5.10. The number of hydrogen-bond acceptors (Lipinski definition) is 4. The topological polar surface area (TPSA) is 65.2 Å². The second-order valence-corrected chi connectivity index (χ2v) is 4.61. The third-order valence-corrected chi connectivity index (χ3v) is 2.99. The van der Waals surface area contributed by atoms with Crippen molar-refractivity contribution in [1.29, 1.82) is 0 Å². The maximum Gasteiger partial charge on any atom is 0.128 e. The summed E-state index contributed by atoms with van der Waals surface area (Å²) in [5.74, 6) is 0.0700. The van der Waals surface area contributed by atoms with E-state index in [4.69, 9.17) is 0 Å². The maximum absolute atomic E-state index is 9.74. The normalized spacial score (nSPS) is 12.0. The van der Waals surface area contributed by atoms with Crippen LogP contribution >= 0.6 is 0 Å². The first-order valence-electron chi connectivity index (χ1n) is 6.75. The molecule has 4 heteroatoms. The van der Waals surface area contributed by atoms with Gasteiger partial charge in [-0.3, -0.25) is 9.98 Å². The maximum atomic E-state index is 9.74. The molecule has 0 saturated carbocycles. The van der Waals surface area contributed by atoms with Crippen LogP contribution < -0.4 is 0 Å². The molecule has 0 unspecified atom stereocenters. The van der Waals surface area contributed by atoms with Crippen LogP contribution in [0.4, 0.5) is 0 Å². The molecule has 21 heavy (non-hydrogen) atoms. The molecule has 2 rings (SSSR count). The Balaban J connectivity index is 1.90. The molecule has 2 aromatic rings. The zero-order valence-corrected chi connectivity index (χ0v) is 11.9. The van der Waals surface area contributed by atoms with Crippen molar-refractivity contribution >= 4 is 11.9 Å². The van der Waals surface area contributed by atoms with Crippen LogP contribution in [-0.2, 0) is 0 Å². The average molecular weight is 282 g/mol. The lowest BCUT2D eigenvalue weighted by molar-refractivity contribution is 0.450. The van der Waals surface area contributed by atoms with E-state index < -0.39 is 0 Å². The summed E-state index contributed by atoms with van der Waals surface area (Å²) in [4.78, 5) is 8.69. The Labute approximate surface area is 124 Å². The van der Waals surface area contributed by atoms with Crippen molar-refractivity contribution in [2.45, 2.75) is 6.92 Å². The first-order chi connectivity index (χ1) is 10.2. The highest BCUT2D eigenvalue weighted by Crippen LogP contribution is 2.23. The summed E-state index contributed by atoms with van der Waals surface area (Å²) in [6.45, 7) is 2.97. The molecule has 0 amide bonds. The van der Waals surface area contributed by atoms with Gasteiger partial charge in [-0.25, -0.2) is 0 Å². The standard InChI is InChI=1S/C17H18N2O2/c1-13(16-8-7-15(20)11-17(16)21)19-10-9-18-12-14-5-3-2-4-6-14/h2-8,11-12,20-21H,9-10H2,1H3. The molecular formula is C17H18N2O2. The minimum Gasteiger partial charge on any atom is -0.508 e. The van der Waals surface area contributed by atoms with Gasteiger partial charge in [-0.1, -0.05) is 30.3 Å². The van der Waals surface area contributed by atoms with Crippen LogP contribution in [0, 0.1) is 0 Å². The quantitative estimate of drug-likeness (QED) is 0.654. The predicted octanol–water partition coefficient (Wildman–Crippen LogP) is 3.03. The van der Waals surface area contributed by atoms with E-state index in [1.165, 1.54) is 12.1 Å².